The molecule has 0 amide bonds. The SMILES string of the molecule is Cl.Cl.c1ccc2c(c1)OCC(CN1CCC(CNc3nc4ccccc4s3)CC1)O2. The first-order chi connectivity index (χ1) is 13.8. The Hall–Kier alpha value is -1.73. The van der Waals surface area contributed by atoms with Gasteiger partial charge in [0.05, 0.1) is 10.2 Å². The topological polar surface area (TPSA) is 46.6 Å². The molecule has 5 nitrogen and oxygen atoms in total. The standard InChI is InChI=1S/C22H25N3O2S.2ClH/c1-4-8-21-18(5-1)24-22(28-21)23-13-16-9-11-25(12-10-16)14-17-15-26-19-6-2-3-7-20(19)27-17;;/h1-8,16-17H,9-15H2,(H,23,24);2*1H. The number of ether oxygens (including phenoxy) is 2. The molecule has 1 saturated heterocycles. The van der Waals surface area contributed by atoms with Gasteiger partial charge >= 0.3 is 0 Å². The zero-order chi connectivity index (χ0) is 18.8. The molecule has 0 bridgehead atoms. The van der Waals surface area contributed by atoms with Gasteiger partial charge in [-0.15, -0.1) is 24.8 Å². The molecule has 0 radical (unpaired) electrons. The number of likely N-dealkylation sites (tertiary alicyclic amines) is 1. The summed E-state index contributed by atoms with van der Waals surface area (Å²) in [6, 6.07) is 16.2. The van der Waals surface area contributed by atoms with Gasteiger partial charge in [-0.3, -0.25) is 4.90 Å². The molecule has 2 aromatic carbocycles. The predicted molar refractivity (Wildman–Crippen MR) is 128 cm³/mol. The maximum Gasteiger partial charge on any atom is 0.183 e. The molecule has 3 aromatic rings. The summed E-state index contributed by atoms with van der Waals surface area (Å²) in [5.74, 6) is 2.43. The van der Waals surface area contributed by atoms with Gasteiger partial charge in [-0.1, -0.05) is 35.6 Å². The lowest BCUT2D eigenvalue weighted by molar-refractivity contribution is 0.0485. The molecule has 1 fully saturated rings. The Morgan fingerprint density at radius 2 is 1.73 bits per heavy atom. The molecule has 0 aliphatic carbocycles. The molecule has 1 unspecified atom stereocenters. The van der Waals surface area contributed by atoms with E-state index in [4.69, 9.17) is 9.47 Å². The third-order valence-electron chi connectivity index (χ3n) is 5.57. The van der Waals surface area contributed by atoms with Crippen molar-refractivity contribution in [3.8, 4) is 11.5 Å². The van der Waals surface area contributed by atoms with Gasteiger partial charge in [0.2, 0.25) is 0 Å². The van der Waals surface area contributed by atoms with Crippen molar-refractivity contribution >= 4 is 51.5 Å². The third kappa shape index (κ3) is 5.30. The summed E-state index contributed by atoms with van der Waals surface area (Å²) < 4.78 is 13.2. The number of fused-ring (bicyclic) bond motifs is 2. The van der Waals surface area contributed by atoms with E-state index >= 15 is 0 Å². The van der Waals surface area contributed by atoms with Crippen LogP contribution in [-0.2, 0) is 0 Å². The van der Waals surface area contributed by atoms with Crippen molar-refractivity contribution in [2.45, 2.75) is 18.9 Å². The Morgan fingerprint density at radius 1 is 1.00 bits per heavy atom. The molecule has 2 aliphatic heterocycles. The average Bonchev–Trinajstić information content (AvgIpc) is 3.16. The third-order valence-corrected chi connectivity index (χ3v) is 6.57. The van der Waals surface area contributed by atoms with E-state index in [2.05, 4.69) is 33.4 Å². The molecule has 1 N–H and O–H groups in total. The van der Waals surface area contributed by atoms with Crippen molar-refractivity contribution in [1.29, 1.82) is 0 Å². The highest BCUT2D eigenvalue weighted by Gasteiger charge is 2.26. The van der Waals surface area contributed by atoms with Crippen LogP contribution in [0.1, 0.15) is 12.8 Å². The predicted octanol–water partition coefficient (Wildman–Crippen LogP) is 5.10. The molecular weight excluding hydrogens is 441 g/mol. The number of para-hydroxylation sites is 3. The van der Waals surface area contributed by atoms with Crippen LogP contribution < -0.4 is 14.8 Å². The van der Waals surface area contributed by atoms with E-state index in [0.717, 1.165) is 48.3 Å². The Morgan fingerprint density at radius 3 is 2.53 bits per heavy atom. The second-order valence-electron chi connectivity index (χ2n) is 7.61. The number of rotatable bonds is 5. The number of benzene rings is 2. The van der Waals surface area contributed by atoms with Gasteiger partial charge < -0.3 is 14.8 Å². The van der Waals surface area contributed by atoms with Crippen LogP contribution in [0.2, 0.25) is 0 Å². The quantitative estimate of drug-likeness (QED) is 0.565. The first-order valence-electron chi connectivity index (χ1n) is 10.0. The van der Waals surface area contributed by atoms with E-state index in [9.17, 15) is 0 Å². The number of hydrogen-bond donors (Lipinski definition) is 1. The van der Waals surface area contributed by atoms with Crippen molar-refractivity contribution < 1.29 is 9.47 Å². The highest BCUT2D eigenvalue weighted by Crippen LogP contribution is 2.31. The van der Waals surface area contributed by atoms with Gasteiger partial charge in [0, 0.05) is 13.1 Å². The Labute approximate surface area is 193 Å². The number of aromatic nitrogens is 1. The van der Waals surface area contributed by atoms with Gasteiger partial charge in [-0.05, 0) is 56.1 Å². The molecule has 1 atom stereocenters. The van der Waals surface area contributed by atoms with Crippen molar-refractivity contribution in [3.63, 3.8) is 0 Å². The summed E-state index contributed by atoms with van der Waals surface area (Å²) in [5.41, 5.74) is 1.08. The molecule has 5 rings (SSSR count). The number of thiazole rings is 1. The van der Waals surface area contributed by atoms with E-state index < -0.39 is 0 Å². The normalized spacial score (nSPS) is 19.0. The maximum absolute atomic E-state index is 6.11. The van der Waals surface area contributed by atoms with E-state index in [1.54, 1.807) is 11.3 Å². The average molecular weight is 468 g/mol. The fourth-order valence-electron chi connectivity index (χ4n) is 3.99. The van der Waals surface area contributed by atoms with Gasteiger partial charge in [-0.25, -0.2) is 4.98 Å². The molecule has 0 saturated carbocycles. The van der Waals surface area contributed by atoms with Gasteiger partial charge in [-0.2, -0.15) is 0 Å². The summed E-state index contributed by atoms with van der Waals surface area (Å²) in [4.78, 5) is 7.18. The van der Waals surface area contributed by atoms with Crippen LogP contribution in [0.5, 0.6) is 11.5 Å². The number of halogens is 2. The lowest BCUT2D eigenvalue weighted by Crippen LogP contribution is -2.44. The van der Waals surface area contributed by atoms with Crippen LogP contribution in [0.3, 0.4) is 0 Å². The van der Waals surface area contributed by atoms with Crippen LogP contribution in [0.15, 0.2) is 48.5 Å². The molecule has 8 heteroatoms. The van der Waals surface area contributed by atoms with Crippen LogP contribution >= 0.6 is 36.2 Å². The number of anilines is 1. The summed E-state index contributed by atoms with van der Waals surface area (Å²) in [7, 11) is 0. The van der Waals surface area contributed by atoms with Gasteiger partial charge in [0.25, 0.3) is 0 Å². The minimum absolute atomic E-state index is 0. The largest absolute Gasteiger partial charge is 0.486 e. The molecule has 2 aliphatic rings. The monoisotopic (exact) mass is 467 g/mol. The Kier molecular flexibility index (Phi) is 8.06. The van der Waals surface area contributed by atoms with Crippen molar-refractivity contribution in [2.24, 2.45) is 5.92 Å². The lowest BCUT2D eigenvalue weighted by atomic mass is 9.96. The van der Waals surface area contributed by atoms with Crippen molar-refractivity contribution in [1.82, 2.24) is 9.88 Å². The summed E-state index contributed by atoms with van der Waals surface area (Å²) >= 11 is 1.74. The summed E-state index contributed by atoms with van der Waals surface area (Å²) in [6.45, 7) is 4.81. The molecule has 0 spiro atoms. The van der Waals surface area contributed by atoms with Crippen LogP contribution in [0.4, 0.5) is 5.13 Å². The van der Waals surface area contributed by atoms with Crippen molar-refractivity contribution in [2.75, 3.05) is 38.1 Å². The smallest absolute Gasteiger partial charge is 0.183 e. The Balaban J connectivity index is 0.00000128. The van der Waals surface area contributed by atoms with Crippen molar-refractivity contribution in [3.05, 3.63) is 48.5 Å². The molecule has 1 aromatic heterocycles. The maximum atomic E-state index is 6.11. The zero-order valence-corrected chi connectivity index (χ0v) is 19.1. The lowest BCUT2D eigenvalue weighted by Gasteiger charge is -2.35. The first-order valence-corrected chi connectivity index (χ1v) is 10.9. The molecule has 162 valence electrons. The first kappa shape index (κ1) is 22.9. The zero-order valence-electron chi connectivity index (χ0n) is 16.7. The van der Waals surface area contributed by atoms with E-state index in [0.29, 0.717) is 12.5 Å². The van der Waals surface area contributed by atoms with Gasteiger partial charge in [0.1, 0.15) is 12.7 Å². The van der Waals surface area contributed by atoms with E-state index in [1.807, 2.05) is 30.3 Å². The molecule has 3 heterocycles. The van der Waals surface area contributed by atoms with Crippen LogP contribution in [0, 0.1) is 5.92 Å². The highest BCUT2D eigenvalue weighted by atomic mass is 35.5. The molecular formula is C22H27Cl2N3O2S. The minimum atomic E-state index is 0. The second kappa shape index (κ2) is 10.5. The van der Waals surface area contributed by atoms with Crippen LogP contribution in [0.25, 0.3) is 10.2 Å². The fourth-order valence-corrected chi connectivity index (χ4v) is 4.87. The number of nitrogens with one attached hydrogen (secondary N) is 1. The number of hydrogen-bond acceptors (Lipinski definition) is 6. The number of nitrogens with zero attached hydrogens (tertiary/aromatic N) is 2. The van der Waals surface area contributed by atoms with E-state index in [1.165, 1.54) is 17.5 Å². The minimum Gasteiger partial charge on any atom is -0.486 e. The van der Waals surface area contributed by atoms with E-state index in [-0.39, 0.29) is 30.9 Å². The highest BCUT2D eigenvalue weighted by molar-refractivity contribution is 7.22. The fraction of sp³-hybridized carbons (Fsp3) is 0.409. The summed E-state index contributed by atoms with van der Waals surface area (Å²) in [6.07, 6.45) is 2.54. The Bertz CT molecular complexity index is 914. The number of piperidine rings is 1. The molecule has 30 heavy (non-hydrogen) atoms. The van der Waals surface area contributed by atoms with Gasteiger partial charge in [0.15, 0.2) is 16.6 Å². The van der Waals surface area contributed by atoms with Crippen LogP contribution in [-0.4, -0.2) is 48.8 Å². The summed E-state index contributed by atoms with van der Waals surface area (Å²) in [5, 5.41) is 4.59. The second-order valence-corrected chi connectivity index (χ2v) is 8.64.